The molecule has 1 aliphatic rings. The van der Waals surface area contributed by atoms with E-state index in [1.54, 1.807) is 36.4 Å². The lowest BCUT2D eigenvalue weighted by atomic mass is 9.92. The molecule has 0 amide bonds. The molecule has 0 saturated carbocycles. The predicted octanol–water partition coefficient (Wildman–Crippen LogP) is 4.95. The van der Waals surface area contributed by atoms with Crippen molar-refractivity contribution in [2.45, 2.75) is 5.79 Å². The van der Waals surface area contributed by atoms with Crippen LogP contribution < -0.4 is 10.4 Å². The van der Waals surface area contributed by atoms with Gasteiger partial charge < -0.3 is 13.9 Å². The van der Waals surface area contributed by atoms with Crippen molar-refractivity contribution < 1.29 is 18.7 Å². The lowest BCUT2D eigenvalue weighted by molar-refractivity contribution is -0.113. The molecule has 1 atom stereocenters. The van der Waals surface area contributed by atoms with Crippen LogP contribution in [0.4, 0.5) is 0 Å². The highest BCUT2D eigenvalue weighted by Crippen LogP contribution is 2.51. The van der Waals surface area contributed by atoms with Gasteiger partial charge in [-0.1, -0.05) is 72.8 Å². The minimum absolute atomic E-state index is 0.189. The molecule has 3 aromatic carbocycles. The number of fused-ring (bicyclic) bond motifs is 3. The van der Waals surface area contributed by atoms with Crippen LogP contribution in [-0.2, 0) is 10.5 Å². The molecule has 152 valence electrons. The smallest absolute Gasteiger partial charge is 0.347 e. The van der Waals surface area contributed by atoms with Gasteiger partial charge >= 0.3 is 5.63 Å². The van der Waals surface area contributed by atoms with Crippen LogP contribution in [0.2, 0.25) is 0 Å². The van der Waals surface area contributed by atoms with Gasteiger partial charge in [-0.3, -0.25) is 4.79 Å². The second-order valence-electron chi connectivity index (χ2n) is 7.17. The first-order valence-corrected chi connectivity index (χ1v) is 9.81. The first-order valence-electron chi connectivity index (χ1n) is 9.81. The normalized spacial score (nSPS) is 18.7. The Labute approximate surface area is 178 Å². The average Bonchev–Trinajstić information content (AvgIpc) is 3.16. The molecule has 31 heavy (non-hydrogen) atoms. The molecule has 0 saturated heterocycles. The van der Waals surface area contributed by atoms with Gasteiger partial charge in [-0.2, -0.15) is 0 Å². The van der Waals surface area contributed by atoms with E-state index >= 15 is 0 Å². The maximum Gasteiger partial charge on any atom is 0.347 e. The first-order chi connectivity index (χ1) is 15.1. The van der Waals surface area contributed by atoms with E-state index in [0.717, 1.165) is 0 Å². The molecule has 0 radical (unpaired) electrons. The summed E-state index contributed by atoms with van der Waals surface area (Å²) in [4.78, 5) is 26.1. The third kappa shape index (κ3) is 2.98. The van der Waals surface area contributed by atoms with Crippen LogP contribution >= 0.6 is 0 Å². The summed E-state index contributed by atoms with van der Waals surface area (Å²) in [6.45, 7) is 0. The highest BCUT2D eigenvalue weighted by atomic mass is 16.7. The standard InChI is InChI=1S/C26H18O5/c1-29-26(18-12-6-3-7-13-18)20(16-21(27)17-10-4-2-5-11-17)23-24(31-26)19-14-8-9-15-22(19)30-25(23)28/h2-16H,1H3. The summed E-state index contributed by atoms with van der Waals surface area (Å²) in [5.41, 5.74) is 1.46. The van der Waals surface area contributed by atoms with E-state index in [-0.39, 0.29) is 11.3 Å². The van der Waals surface area contributed by atoms with Crippen LogP contribution in [0.25, 0.3) is 16.5 Å². The zero-order chi connectivity index (χ0) is 21.4. The maximum atomic E-state index is 13.1. The Morgan fingerprint density at radius 3 is 2.26 bits per heavy atom. The van der Waals surface area contributed by atoms with Crippen molar-refractivity contribution in [1.82, 2.24) is 0 Å². The topological polar surface area (TPSA) is 65.7 Å². The fraction of sp³-hybridized carbons (Fsp3) is 0.0769. The third-order valence-electron chi connectivity index (χ3n) is 5.41. The number of ketones is 1. The van der Waals surface area contributed by atoms with Crippen LogP contribution in [0.1, 0.15) is 21.5 Å². The fourth-order valence-corrected chi connectivity index (χ4v) is 3.95. The molecule has 4 aromatic rings. The summed E-state index contributed by atoms with van der Waals surface area (Å²) in [5.74, 6) is -1.39. The van der Waals surface area contributed by atoms with E-state index in [9.17, 15) is 9.59 Å². The number of hydrogen-bond acceptors (Lipinski definition) is 5. The Bertz CT molecular complexity index is 1370. The lowest BCUT2D eigenvalue weighted by Crippen LogP contribution is -2.33. The van der Waals surface area contributed by atoms with Gasteiger partial charge in [0.25, 0.3) is 5.79 Å². The van der Waals surface area contributed by atoms with Gasteiger partial charge in [-0.25, -0.2) is 4.79 Å². The summed E-state index contributed by atoms with van der Waals surface area (Å²) >= 11 is 0. The number of ether oxygens (including phenoxy) is 2. The van der Waals surface area contributed by atoms with Gasteiger partial charge in [0.15, 0.2) is 5.78 Å². The van der Waals surface area contributed by atoms with Crippen molar-refractivity contribution in [3.63, 3.8) is 0 Å². The predicted molar refractivity (Wildman–Crippen MR) is 117 cm³/mol. The molecule has 0 N–H and O–H groups in total. The van der Waals surface area contributed by atoms with E-state index in [2.05, 4.69) is 0 Å². The molecule has 0 bridgehead atoms. The summed E-state index contributed by atoms with van der Waals surface area (Å²) in [6.07, 6.45) is 1.41. The number of hydrogen-bond donors (Lipinski definition) is 0. The van der Waals surface area contributed by atoms with Crippen LogP contribution in [0.3, 0.4) is 0 Å². The zero-order valence-electron chi connectivity index (χ0n) is 16.7. The molecular weight excluding hydrogens is 392 g/mol. The van der Waals surface area contributed by atoms with Crippen LogP contribution in [-0.4, -0.2) is 12.9 Å². The van der Waals surface area contributed by atoms with Crippen LogP contribution in [0.5, 0.6) is 5.75 Å². The van der Waals surface area contributed by atoms with E-state index in [4.69, 9.17) is 13.9 Å². The summed E-state index contributed by atoms with van der Waals surface area (Å²) in [6, 6.07) is 25.2. The second kappa shape index (κ2) is 7.38. The molecule has 1 aromatic heterocycles. The Morgan fingerprint density at radius 2 is 1.55 bits per heavy atom. The molecule has 5 heteroatoms. The van der Waals surface area contributed by atoms with E-state index in [0.29, 0.717) is 33.4 Å². The Kier molecular flexibility index (Phi) is 4.53. The van der Waals surface area contributed by atoms with Crippen LogP contribution in [0, 0.1) is 0 Å². The number of methoxy groups -OCH3 is 1. The molecule has 1 unspecified atom stereocenters. The first kappa shape index (κ1) is 19.0. The van der Waals surface area contributed by atoms with E-state index in [1.807, 2.05) is 48.5 Å². The third-order valence-corrected chi connectivity index (χ3v) is 5.41. The van der Waals surface area contributed by atoms with Crippen molar-refractivity contribution >= 4 is 22.3 Å². The van der Waals surface area contributed by atoms with Crippen molar-refractivity contribution in [3.05, 3.63) is 118 Å². The zero-order valence-corrected chi connectivity index (χ0v) is 16.7. The SMILES string of the molecule is COC1(c2ccccc2)Oc2c(c(=O)oc3ccccc23)C1=CC(=O)c1ccccc1. The second-order valence-corrected chi connectivity index (χ2v) is 7.17. The Hall–Kier alpha value is -3.96. The molecule has 0 spiro atoms. The van der Waals surface area contributed by atoms with Crippen molar-refractivity contribution in [1.29, 1.82) is 0 Å². The van der Waals surface area contributed by atoms with Gasteiger partial charge in [0.1, 0.15) is 16.9 Å². The molecule has 5 rings (SSSR count). The van der Waals surface area contributed by atoms with Gasteiger partial charge in [-0.05, 0) is 18.2 Å². The molecular formula is C26H18O5. The molecule has 2 heterocycles. The van der Waals surface area contributed by atoms with Gasteiger partial charge in [-0.15, -0.1) is 0 Å². The molecule has 0 fully saturated rings. The average molecular weight is 410 g/mol. The Morgan fingerprint density at radius 1 is 0.903 bits per heavy atom. The highest BCUT2D eigenvalue weighted by Gasteiger charge is 2.49. The molecule has 5 nitrogen and oxygen atoms in total. The summed E-state index contributed by atoms with van der Waals surface area (Å²) in [5, 5.41) is 0.630. The van der Waals surface area contributed by atoms with Crippen molar-refractivity contribution in [2.24, 2.45) is 0 Å². The van der Waals surface area contributed by atoms with E-state index < -0.39 is 11.4 Å². The fourth-order valence-electron chi connectivity index (χ4n) is 3.95. The number of allylic oxidation sites excluding steroid dienone is 1. The monoisotopic (exact) mass is 410 g/mol. The number of rotatable bonds is 4. The molecule has 1 aliphatic heterocycles. The maximum absolute atomic E-state index is 13.1. The number of benzene rings is 3. The summed E-state index contributed by atoms with van der Waals surface area (Å²) in [7, 11) is 1.49. The minimum Gasteiger partial charge on any atom is -0.452 e. The molecule has 0 aliphatic carbocycles. The number of para-hydroxylation sites is 1. The van der Waals surface area contributed by atoms with Crippen molar-refractivity contribution in [2.75, 3.05) is 7.11 Å². The summed E-state index contributed by atoms with van der Waals surface area (Å²) < 4.78 is 17.8. The van der Waals surface area contributed by atoms with Gasteiger partial charge in [0, 0.05) is 18.2 Å². The van der Waals surface area contributed by atoms with Crippen LogP contribution in [0.15, 0.2) is 100 Å². The highest BCUT2D eigenvalue weighted by molar-refractivity contribution is 6.10. The number of carbonyl (C=O) groups excluding carboxylic acids is 1. The quantitative estimate of drug-likeness (QED) is 0.271. The van der Waals surface area contributed by atoms with Gasteiger partial charge in [0.2, 0.25) is 0 Å². The number of carbonyl (C=O) groups is 1. The van der Waals surface area contributed by atoms with Gasteiger partial charge in [0.05, 0.1) is 11.0 Å². The lowest BCUT2D eigenvalue weighted by Gasteiger charge is -2.29. The minimum atomic E-state index is -1.47. The Balaban J connectivity index is 1.82. The largest absolute Gasteiger partial charge is 0.452 e. The van der Waals surface area contributed by atoms with E-state index in [1.165, 1.54) is 13.2 Å². The van der Waals surface area contributed by atoms with Crippen molar-refractivity contribution in [3.8, 4) is 5.75 Å².